The van der Waals surface area contributed by atoms with Crippen molar-refractivity contribution in [3.63, 3.8) is 0 Å². The number of likely N-dealkylation sites (N-methyl/N-ethyl adjacent to an activating group) is 1. The van der Waals surface area contributed by atoms with Crippen molar-refractivity contribution >= 4 is 5.91 Å². The third kappa shape index (κ3) is 4.55. The molecule has 0 aromatic carbocycles. The first-order valence-electron chi connectivity index (χ1n) is 7.12. The predicted molar refractivity (Wildman–Crippen MR) is 70.5 cm³/mol. The normalized spacial score (nSPS) is 24.2. The number of carbonyl (C=O) groups excluding carboxylic acids is 1. The average molecular weight is 255 g/mol. The van der Waals surface area contributed by atoms with E-state index in [0.717, 1.165) is 38.8 Å². The van der Waals surface area contributed by atoms with Gasteiger partial charge in [-0.25, -0.2) is 0 Å². The van der Waals surface area contributed by atoms with Crippen LogP contribution in [-0.4, -0.2) is 62.3 Å². The fraction of sp³-hybridized carbons (Fsp3) is 0.923. The molecule has 1 saturated carbocycles. The molecule has 5 nitrogen and oxygen atoms in total. The molecule has 1 aliphatic carbocycles. The summed E-state index contributed by atoms with van der Waals surface area (Å²) in [6, 6.07) is 0.776. The zero-order valence-corrected chi connectivity index (χ0v) is 11.3. The van der Waals surface area contributed by atoms with E-state index in [1.807, 2.05) is 0 Å². The summed E-state index contributed by atoms with van der Waals surface area (Å²) in [6.45, 7) is 7.38. The van der Waals surface area contributed by atoms with Crippen LogP contribution in [0.5, 0.6) is 0 Å². The van der Waals surface area contributed by atoms with E-state index >= 15 is 0 Å². The Balaban J connectivity index is 1.56. The number of morpholine rings is 1. The Kier molecular flexibility index (Phi) is 5.41. The van der Waals surface area contributed by atoms with E-state index in [-0.39, 0.29) is 12.0 Å². The molecule has 2 N–H and O–H groups in total. The third-order valence-corrected chi connectivity index (χ3v) is 3.61. The van der Waals surface area contributed by atoms with Gasteiger partial charge in [-0.3, -0.25) is 9.69 Å². The Morgan fingerprint density at radius 3 is 2.94 bits per heavy atom. The molecule has 2 rings (SSSR count). The highest BCUT2D eigenvalue weighted by Crippen LogP contribution is 2.25. The highest BCUT2D eigenvalue weighted by molar-refractivity contribution is 5.76. The first-order chi connectivity index (χ1) is 8.79. The van der Waals surface area contributed by atoms with E-state index in [0.29, 0.717) is 13.0 Å². The molecule has 0 spiro atoms. The minimum absolute atomic E-state index is 0.0458. The fourth-order valence-corrected chi connectivity index (χ4v) is 2.41. The van der Waals surface area contributed by atoms with Gasteiger partial charge in [-0.05, 0) is 19.4 Å². The van der Waals surface area contributed by atoms with Crippen LogP contribution in [0.4, 0.5) is 0 Å². The summed E-state index contributed by atoms with van der Waals surface area (Å²) in [4.78, 5) is 14.2. The first-order valence-corrected chi connectivity index (χ1v) is 7.12. The van der Waals surface area contributed by atoms with Crippen LogP contribution in [0.3, 0.4) is 0 Å². The van der Waals surface area contributed by atoms with Gasteiger partial charge in [-0.15, -0.1) is 0 Å². The molecule has 1 unspecified atom stereocenters. The van der Waals surface area contributed by atoms with E-state index < -0.39 is 0 Å². The lowest BCUT2D eigenvalue weighted by molar-refractivity contribution is -0.124. The van der Waals surface area contributed by atoms with Crippen LogP contribution in [0, 0.1) is 0 Å². The number of nitrogens with zero attached hydrogens (tertiary/aromatic N) is 1. The molecule has 2 aliphatic rings. The second-order valence-corrected chi connectivity index (χ2v) is 5.11. The molecular weight excluding hydrogens is 230 g/mol. The van der Waals surface area contributed by atoms with E-state index in [2.05, 4.69) is 22.5 Å². The molecule has 0 bridgehead atoms. The fourth-order valence-electron chi connectivity index (χ4n) is 2.41. The molecule has 0 aromatic heterocycles. The molecule has 104 valence electrons. The molecule has 1 atom stereocenters. The summed E-state index contributed by atoms with van der Waals surface area (Å²) in [7, 11) is 0. The Hall–Kier alpha value is -0.650. The Bertz CT molecular complexity index is 263. The Morgan fingerprint density at radius 1 is 1.50 bits per heavy atom. The van der Waals surface area contributed by atoms with Crippen molar-refractivity contribution in [2.75, 3.05) is 39.3 Å². The Morgan fingerprint density at radius 2 is 2.33 bits per heavy atom. The van der Waals surface area contributed by atoms with Crippen LogP contribution in [0.25, 0.3) is 0 Å². The van der Waals surface area contributed by atoms with Gasteiger partial charge in [-0.1, -0.05) is 6.92 Å². The van der Waals surface area contributed by atoms with Crippen LogP contribution in [0.2, 0.25) is 0 Å². The molecule has 0 radical (unpaired) electrons. The lowest BCUT2D eigenvalue weighted by Crippen LogP contribution is -2.42. The minimum atomic E-state index is 0.0458. The zero-order chi connectivity index (χ0) is 12.8. The lowest BCUT2D eigenvalue weighted by atomic mass is 10.2. The van der Waals surface area contributed by atoms with Gasteiger partial charge in [0.15, 0.2) is 0 Å². The standard InChI is InChI=1S/C13H25N3O2/c1-2-16(11-3-4-11)7-5-15-13(17)9-12-10-14-6-8-18-12/h11-12,14H,2-10H2,1H3,(H,15,17). The molecule has 2 fully saturated rings. The number of nitrogens with one attached hydrogen (secondary N) is 2. The minimum Gasteiger partial charge on any atom is -0.375 e. The van der Waals surface area contributed by atoms with E-state index in [9.17, 15) is 4.79 Å². The molecule has 5 heteroatoms. The van der Waals surface area contributed by atoms with Crippen LogP contribution in [-0.2, 0) is 9.53 Å². The molecule has 0 aromatic rings. The van der Waals surface area contributed by atoms with Crippen LogP contribution in [0.15, 0.2) is 0 Å². The first kappa shape index (κ1) is 13.8. The summed E-state index contributed by atoms with van der Waals surface area (Å²) in [5, 5.41) is 6.22. The van der Waals surface area contributed by atoms with E-state index in [1.165, 1.54) is 12.8 Å². The van der Waals surface area contributed by atoms with Crippen molar-refractivity contribution in [2.45, 2.75) is 38.3 Å². The van der Waals surface area contributed by atoms with Crippen molar-refractivity contribution in [3.8, 4) is 0 Å². The maximum atomic E-state index is 11.7. The largest absolute Gasteiger partial charge is 0.375 e. The van der Waals surface area contributed by atoms with Gasteiger partial charge in [-0.2, -0.15) is 0 Å². The quantitative estimate of drug-likeness (QED) is 0.670. The van der Waals surface area contributed by atoms with Gasteiger partial charge >= 0.3 is 0 Å². The maximum absolute atomic E-state index is 11.7. The number of rotatable bonds is 7. The summed E-state index contributed by atoms with van der Waals surface area (Å²) >= 11 is 0. The molecule has 18 heavy (non-hydrogen) atoms. The molecule has 1 aliphatic heterocycles. The van der Waals surface area contributed by atoms with E-state index in [4.69, 9.17) is 4.74 Å². The monoisotopic (exact) mass is 255 g/mol. The van der Waals surface area contributed by atoms with Crippen molar-refractivity contribution < 1.29 is 9.53 Å². The van der Waals surface area contributed by atoms with Crippen LogP contribution in [0.1, 0.15) is 26.2 Å². The predicted octanol–water partition coefficient (Wildman–Crippen LogP) is -0.0346. The number of carbonyl (C=O) groups is 1. The Labute approximate surface area is 109 Å². The van der Waals surface area contributed by atoms with Gasteiger partial charge in [0.25, 0.3) is 0 Å². The molecular formula is C13H25N3O2. The van der Waals surface area contributed by atoms with Crippen molar-refractivity contribution in [1.82, 2.24) is 15.5 Å². The molecule has 1 heterocycles. The van der Waals surface area contributed by atoms with Gasteiger partial charge in [0, 0.05) is 32.2 Å². The van der Waals surface area contributed by atoms with Gasteiger partial charge < -0.3 is 15.4 Å². The topological polar surface area (TPSA) is 53.6 Å². The summed E-state index contributed by atoms with van der Waals surface area (Å²) in [6.07, 6.45) is 3.17. The second kappa shape index (κ2) is 7.07. The SMILES string of the molecule is CCN(CCNC(=O)CC1CNCCO1)C1CC1. The van der Waals surface area contributed by atoms with Crippen molar-refractivity contribution in [1.29, 1.82) is 0 Å². The van der Waals surface area contributed by atoms with E-state index in [1.54, 1.807) is 0 Å². The van der Waals surface area contributed by atoms with Gasteiger partial charge in [0.2, 0.25) is 5.91 Å². The number of hydrogen-bond acceptors (Lipinski definition) is 4. The van der Waals surface area contributed by atoms with Gasteiger partial charge in [0.1, 0.15) is 0 Å². The highest BCUT2D eigenvalue weighted by Gasteiger charge is 2.27. The van der Waals surface area contributed by atoms with Gasteiger partial charge in [0.05, 0.1) is 19.1 Å². The number of amides is 1. The smallest absolute Gasteiger partial charge is 0.222 e. The summed E-state index contributed by atoms with van der Waals surface area (Å²) in [5.74, 6) is 0.107. The summed E-state index contributed by atoms with van der Waals surface area (Å²) < 4.78 is 5.51. The molecule has 1 amide bonds. The summed E-state index contributed by atoms with van der Waals surface area (Å²) in [5.41, 5.74) is 0. The maximum Gasteiger partial charge on any atom is 0.222 e. The van der Waals surface area contributed by atoms with Crippen LogP contribution >= 0.6 is 0 Å². The highest BCUT2D eigenvalue weighted by atomic mass is 16.5. The number of ether oxygens (including phenoxy) is 1. The van der Waals surface area contributed by atoms with Crippen molar-refractivity contribution in [3.05, 3.63) is 0 Å². The number of hydrogen-bond donors (Lipinski definition) is 2. The lowest BCUT2D eigenvalue weighted by Gasteiger charge is -2.23. The average Bonchev–Trinajstić information content (AvgIpc) is 3.20. The van der Waals surface area contributed by atoms with Crippen LogP contribution < -0.4 is 10.6 Å². The molecule has 1 saturated heterocycles. The van der Waals surface area contributed by atoms with Crippen molar-refractivity contribution in [2.24, 2.45) is 0 Å². The second-order valence-electron chi connectivity index (χ2n) is 5.11. The zero-order valence-electron chi connectivity index (χ0n) is 11.3. The third-order valence-electron chi connectivity index (χ3n) is 3.61.